The molecule has 0 aromatic rings. The van der Waals surface area contributed by atoms with Crippen LogP contribution < -0.4 is 5.73 Å². The predicted molar refractivity (Wildman–Crippen MR) is 55.7 cm³/mol. The summed E-state index contributed by atoms with van der Waals surface area (Å²) in [5, 5.41) is 0. The first-order valence-electron chi connectivity index (χ1n) is 5.54. The van der Waals surface area contributed by atoms with Gasteiger partial charge in [-0.2, -0.15) is 0 Å². The molecule has 2 unspecified atom stereocenters. The molecule has 1 heterocycles. The molecule has 0 radical (unpaired) electrons. The van der Waals surface area contributed by atoms with Crippen LogP contribution in [-0.4, -0.2) is 18.2 Å². The van der Waals surface area contributed by atoms with E-state index < -0.39 is 0 Å². The van der Waals surface area contributed by atoms with Crippen LogP contribution in [0, 0.1) is 0 Å². The molecule has 13 heavy (non-hydrogen) atoms. The van der Waals surface area contributed by atoms with Crippen LogP contribution >= 0.6 is 0 Å². The lowest BCUT2D eigenvalue weighted by molar-refractivity contribution is 0.100. The second-order valence-electron chi connectivity index (χ2n) is 4.53. The molecular weight excluding hydrogens is 162 g/mol. The maximum absolute atomic E-state index is 6.06. The molecule has 1 rings (SSSR count). The van der Waals surface area contributed by atoms with Crippen molar-refractivity contribution in [2.45, 2.75) is 64.0 Å². The van der Waals surface area contributed by atoms with E-state index in [4.69, 9.17) is 10.5 Å². The zero-order valence-electron chi connectivity index (χ0n) is 9.01. The van der Waals surface area contributed by atoms with E-state index in [1.807, 2.05) is 0 Å². The molecule has 0 aromatic carbocycles. The standard InChI is InChI=1S/C11H23NO/c1-3-11(2,12)8-4-6-10-7-5-9-13-10/h10H,3-9,12H2,1-2H3. The average Bonchev–Trinajstić information content (AvgIpc) is 2.57. The van der Waals surface area contributed by atoms with Gasteiger partial charge in [-0.1, -0.05) is 6.92 Å². The molecule has 1 aliphatic rings. The minimum absolute atomic E-state index is 0.0403. The van der Waals surface area contributed by atoms with Crippen LogP contribution in [0.1, 0.15) is 52.4 Å². The van der Waals surface area contributed by atoms with E-state index in [2.05, 4.69) is 13.8 Å². The van der Waals surface area contributed by atoms with Gasteiger partial charge < -0.3 is 10.5 Å². The Bertz CT molecular complexity index is 139. The fraction of sp³-hybridized carbons (Fsp3) is 1.00. The molecule has 0 bridgehead atoms. The van der Waals surface area contributed by atoms with Crippen LogP contribution in [0.25, 0.3) is 0 Å². The van der Waals surface area contributed by atoms with Crippen molar-refractivity contribution < 1.29 is 4.74 Å². The predicted octanol–water partition coefficient (Wildman–Crippen LogP) is 2.46. The first-order chi connectivity index (χ1) is 6.14. The van der Waals surface area contributed by atoms with Gasteiger partial charge in [0.1, 0.15) is 0 Å². The van der Waals surface area contributed by atoms with Crippen molar-refractivity contribution in [1.82, 2.24) is 0 Å². The van der Waals surface area contributed by atoms with Crippen molar-refractivity contribution >= 4 is 0 Å². The van der Waals surface area contributed by atoms with Crippen molar-refractivity contribution in [3.8, 4) is 0 Å². The van der Waals surface area contributed by atoms with Crippen LogP contribution in [0.3, 0.4) is 0 Å². The molecule has 78 valence electrons. The van der Waals surface area contributed by atoms with Crippen LogP contribution in [0.15, 0.2) is 0 Å². The molecule has 0 aliphatic carbocycles. The largest absolute Gasteiger partial charge is 0.378 e. The van der Waals surface area contributed by atoms with E-state index >= 15 is 0 Å². The van der Waals surface area contributed by atoms with Crippen molar-refractivity contribution in [2.75, 3.05) is 6.61 Å². The van der Waals surface area contributed by atoms with Gasteiger partial charge in [0.15, 0.2) is 0 Å². The molecule has 0 amide bonds. The Labute approximate surface area is 81.8 Å². The highest BCUT2D eigenvalue weighted by Crippen LogP contribution is 2.21. The highest BCUT2D eigenvalue weighted by atomic mass is 16.5. The second kappa shape index (κ2) is 4.97. The lowest BCUT2D eigenvalue weighted by Gasteiger charge is -2.23. The smallest absolute Gasteiger partial charge is 0.0576 e. The van der Waals surface area contributed by atoms with Crippen molar-refractivity contribution in [2.24, 2.45) is 5.73 Å². The van der Waals surface area contributed by atoms with Crippen molar-refractivity contribution in [1.29, 1.82) is 0 Å². The van der Waals surface area contributed by atoms with Gasteiger partial charge >= 0.3 is 0 Å². The van der Waals surface area contributed by atoms with Gasteiger partial charge in [-0.15, -0.1) is 0 Å². The number of hydrogen-bond acceptors (Lipinski definition) is 2. The van der Waals surface area contributed by atoms with Gasteiger partial charge in [0, 0.05) is 12.1 Å². The van der Waals surface area contributed by atoms with Crippen LogP contribution in [0.2, 0.25) is 0 Å². The zero-order chi connectivity index (χ0) is 9.73. The normalized spacial score (nSPS) is 27.5. The van der Waals surface area contributed by atoms with Gasteiger partial charge in [-0.05, 0) is 45.4 Å². The Hall–Kier alpha value is -0.0800. The Balaban J connectivity index is 2.06. The monoisotopic (exact) mass is 185 g/mol. The van der Waals surface area contributed by atoms with Crippen LogP contribution in [0.4, 0.5) is 0 Å². The third kappa shape index (κ3) is 4.10. The molecule has 0 spiro atoms. The maximum Gasteiger partial charge on any atom is 0.0576 e. The molecule has 1 aliphatic heterocycles. The molecule has 0 saturated carbocycles. The minimum Gasteiger partial charge on any atom is -0.378 e. The van der Waals surface area contributed by atoms with E-state index in [0.717, 1.165) is 19.4 Å². The van der Waals surface area contributed by atoms with Gasteiger partial charge in [0.05, 0.1) is 6.10 Å². The number of ether oxygens (including phenoxy) is 1. The fourth-order valence-electron chi connectivity index (χ4n) is 1.78. The summed E-state index contributed by atoms with van der Waals surface area (Å²) in [6.07, 6.45) is 7.65. The van der Waals surface area contributed by atoms with E-state index in [9.17, 15) is 0 Å². The third-order valence-electron chi connectivity index (χ3n) is 3.11. The van der Waals surface area contributed by atoms with E-state index in [0.29, 0.717) is 6.10 Å². The average molecular weight is 185 g/mol. The van der Waals surface area contributed by atoms with E-state index in [1.165, 1.54) is 25.7 Å². The quantitative estimate of drug-likeness (QED) is 0.714. The second-order valence-corrected chi connectivity index (χ2v) is 4.53. The maximum atomic E-state index is 6.06. The molecule has 1 fully saturated rings. The molecule has 0 aromatic heterocycles. The van der Waals surface area contributed by atoms with Crippen molar-refractivity contribution in [3.63, 3.8) is 0 Å². The summed E-state index contributed by atoms with van der Waals surface area (Å²) in [5.74, 6) is 0. The summed E-state index contributed by atoms with van der Waals surface area (Å²) in [6, 6.07) is 0. The van der Waals surface area contributed by atoms with E-state index in [1.54, 1.807) is 0 Å². The highest BCUT2D eigenvalue weighted by Gasteiger charge is 2.18. The fourth-order valence-corrected chi connectivity index (χ4v) is 1.78. The topological polar surface area (TPSA) is 35.2 Å². The third-order valence-corrected chi connectivity index (χ3v) is 3.11. The summed E-state index contributed by atoms with van der Waals surface area (Å²) in [5.41, 5.74) is 6.10. The van der Waals surface area contributed by atoms with Gasteiger partial charge in [-0.25, -0.2) is 0 Å². The SMILES string of the molecule is CCC(C)(N)CCCC1CCCO1. The van der Waals surface area contributed by atoms with Gasteiger partial charge in [-0.3, -0.25) is 0 Å². The molecule has 1 saturated heterocycles. The van der Waals surface area contributed by atoms with Crippen LogP contribution in [-0.2, 0) is 4.74 Å². The lowest BCUT2D eigenvalue weighted by atomic mass is 9.92. The summed E-state index contributed by atoms with van der Waals surface area (Å²) in [6.45, 7) is 5.27. The highest BCUT2D eigenvalue weighted by molar-refractivity contribution is 4.77. The molecule has 2 atom stereocenters. The molecule has 2 heteroatoms. The number of nitrogens with two attached hydrogens (primary N) is 1. The zero-order valence-corrected chi connectivity index (χ0v) is 9.01. The van der Waals surface area contributed by atoms with Crippen LogP contribution in [0.5, 0.6) is 0 Å². The Kier molecular flexibility index (Phi) is 4.20. The summed E-state index contributed by atoms with van der Waals surface area (Å²) < 4.78 is 5.56. The minimum atomic E-state index is 0.0403. The molecular formula is C11H23NO. The molecule has 2 nitrogen and oxygen atoms in total. The van der Waals surface area contributed by atoms with Crippen molar-refractivity contribution in [3.05, 3.63) is 0 Å². The van der Waals surface area contributed by atoms with Gasteiger partial charge in [0.25, 0.3) is 0 Å². The number of hydrogen-bond donors (Lipinski definition) is 1. The first-order valence-corrected chi connectivity index (χ1v) is 5.54. The Morgan fingerprint density at radius 2 is 2.31 bits per heavy atom. The number of rotatable bonds is 5. The summed E-state index contributed by atoms with van der Waals surface area (Å²) in [4.78, 5) is 0. The Morgan fingerprint density at radius 1 is 1.54 bits per heavy atom. The lowest BCUT2D eigenvalue weighted by Crippen LogP contribution is -2.35. The molecule has 2 N–H and O–H groups in total. The van der Waals surface area contributed by atoms with Gasteiger partial charge in [0.2, 0.25) is 0 Å². The Morgan fingerprint density at radius 3 is 2.85 bits per heavy atom. The summed E-state index contributed by atoms with van der Waals surface area (Å²) in [7, 11) is 0. The summed E-state index contributed by atoms with van der Waals surface area (Å²) >= 11 is 0. The van der Waals surface area contributed by atoms with E-state index in [-0.39, 0.29) is 5.54 Å². The first kappa shape index (κ1) is 11.0.